The van der Waals surface area contributed by atoms with E-state index in [1.54, 1.807) is 6.33 Å². The number of rotatable bonds is 3. The third-order valence-electron chi connectivity index (χ3n) is 5.26. The molecular formula is C21H20ClN5. The summed E-state index contributed by atoms with van der Waals surface area (Å²) in [6.07, 6.45) is 1.64. The Labute approximate surface area is 162 Å². The molecule has 0 unspecified atom stereocenters. The highest BCUT2D eigenvalue weighted by Crippen LogP contribution is 2.33. The van der Waals surface area contributed by atoms with E-state index in [2.05, 4.69) is 55.1 Å². The number of piperazine rings is 1. The molecule has 2 aromatic heterocycles. The van der Waals surface area contributed by atoms with Gasteiger partial charge in [-0.15, -0.1) is 0 Å². The number of halogens is 1. The molecule has 27 heavy (non-hydrogen) atoms. The zero-order chi connectivity index (χ0) is 18.2. The lowest BCUT2D eigenvalue weighted by molar-refractivity contribution is 0.249. The molecule has 0 saturated carbocycles. The van der Waals surface area contributed by atoms with Crippen molar-refractivity contribution in [2.24, 2.45) is 0 Å². The lowest BCUT2D eigenvalue weighted by Crippen LogP contribution is -2.46. The van der Waals surface area contributed by atoms with E-state index in [1.807, 2.05) is 18.2 Å². The van der Waals surface area contributed by atoms with Crippen LogP contribution in [0, 0.1) is 0 Å². The van der Waals surface area contributed by atoms with Crippen molar-refractivity contribution in [3.05, 3.63) is 65.4 Å². The standard InChI is InChI=1S/C21H20ClN5/c22-16-7-4-8-17-18(16)19-20(25-17)21(24-14-23-19)27-11-9-26(10-12-27)13-15-5-2-1-3-6-15/h1-8,14,25H,9-13H2. The summed E-state index contributed by atoms with van der Waals surface area (Å²) in [6, 6.07) is 16.5. The van der Waals surface area contributed by atoms with Gasteiger partial charge in [-0.05, 0) is 17.7 Å². The Bertz CT molecular complexity index is 1080. The summed E-state index contributed by atoms with van der Waals surface area (Å²) < 4.78 is 0. The molecule has 6 heteroatoms. The van der Waals surface area contributed by atoms with E-state index in [9.17, 15) is 0 Å². The number of benzene rings is 2. The predicted octanol–water partition coefficient (Wildman–Crippen LogP) is 4.09. The maximum atomic E-state index is 6.41. The van der Waals surface area contributed by atoms with Crippen LogP contribution in [0.3, 0.4) is 0 Å². The molecule has 3 heterocycles. The summed E-state index contributed by atoms with van der Waals surface area (Å²) in [5, 5.41) is 1.69. The van der Waals surface area contributed by atoms with E-state index >= 15 is 0 Å². The van der Waals surface area contributed by atoms with E-state index in [0.29, 0.717) is 0 Å². The van der Waals surface area contributed by atoms with Gasteiger partial charge in [0.05, 0.1) is 5.02 Å². The van der Waals surface area contributed by atoms with Gasteiger partial charge >= 0.3 is 0 Å². The van der Waals surface area contributed by atoms with Gasteiger partial charge in [-0.2, -0.15) is 0 Å². The molecule has 1 aliphatic heterocycles. The summed E-state index contributed by atoms with van der Waals surface area (Å²) in [4.78, 5) is 17.4. The molecule has 1 fully saturated rings. The first-order valence-corrected chi connectivity index (χ1v) is 9.59. The number of aromatic amines is 1. The Hall–Kier alpha value is -2.63. The zero-order valence-electron chi connectivity index (χ0n) is 14.9. The van der Waals surface area contributed by atoms with Crippen molar-refractivity contribution in [2.45, 2.75) is 6.54 Å². The molecule has 0 spiro atoms. The molecule has 5 rings (SSSR count). The van der Waals surface area contributed by atoms with Crippen molar-refractivity contribution in [1.82, 2.24) is 19.9 Å². The second kappa shape index (κ2) is 6.83. The first kappa shape index (κ1) is 16.5. The minimum atomic E-state index is 0.719. The maximum absolute atomic E-state index is 6.41. The number of nitrogens with one attached hydrogen (secondary N) is 1. The molecule has 1 N–H and O–H groups in total. The lowest BCUT2D eigenvalue weighted by Gasteiger charge is -2.35. The quantitative estimate of drug-likeness (QED) is 0.584. The normalized spacial score (nSPS) is 15.7. The molecule has 1 saturated heterocycles. The summed E-state index contributed by atoms with van der Waals surface area (Å²) >= 11 is 6.41. The van der Waals surface area contributed by atoms with Crippen LogP contribution in [0.5, 0.6) is 0 Å². The van der Waals surface area contributed by atoms with Crippen LogP contribution in [0.25, 0.3) is 21.9 Å². The molecule has 136 valence electrons. The molecule has 0 aliphatic carbocycles. The number of anilines is 1. The van der Waals surface area contributed by atoms with Crippen LogP contribution in [-0.4, -0.2) is 46.0 Å². The average Bonchev–Trinajstić information content (AvgIpc) is 3.09. The minimum Gasteiger partial charge on any atom is -0.352 e. The minimum absolute atomic E-state index is 0.719. The fraction of sp³-hybridized carbons (Fsp3) is 0.238. The Morgan fingerprint density at radius 1 is 0.926 bits per heavy atom. The van der Waals surface area contributed by atoms with Crippen LogP contribution in [0.1, 0.15) is 5.56 Å². The van der Waals surface area contributed by atoms with Crippen LogP contribution in [0.2, 0.25) is 5.02 Å². The van der Waals surface area contributed by atoms with Crippen molar-refractivity contribution in [3.63, 3.8) is 0 Å². The molecule has 5 nitrogen and oxygen atoms in total. The third kappa shape index (κ3) is 3.03. The van der Waals surface area contributed by atoms with Crippen LogP contribution in [0.4, 0.5) is 5.82 Å². The lowest BCUT2D eigenvalue weighted by atomic mass is 10.2. The van der Waals surface area contributed by atoms with Gasteiger partial charge in [-0.1, -0.05) is 48.0 Å². The fourth-order valence-corrected chi connectivity index (χ4v) is 4.15. The topological polar surface area (TPSA) is 48.1 Å². The Morgan fingerprint density at radius 2 is 1.74 bits per heavy atom. The first-order chi connectivity index (χ1) is 13.3. The Kier molecular flexibility index (Phi) is 4.19. The van der Waals surface area contributed by atoms with Gasteiger partial charge in [-0.3, -0.25) is 4.90 Å². The fourth-order valence-electron chi connectivity index (χ4n) is 3.88. The number of H-pyrrole nitrogens is 1. The van der Waals surface area contributed by atoms with Crippen molar-refractivity contribution in [3.8, 4) is 0 Å². The molecule has 0 amide bonds. The maximum Gasteiger partial charge on any atom is 0.156 e. The summed E-state index contributed by atoms with van der Waals surface area (Å²) in [7, 11) is 0. The molecule has 0 radical (unpaired) electrons. The van der Waals surface area contributed by atoms with E-state index in [-0.39, 0.29) is 0 Å². The van der Waals surface area contributed by atoms with Gasteiger partial charge in [-0.25, -0.2) is 9.97 Å². The molecule has 0 bridgehead atoms. The van der Waals surface area contributed by atoms with Gasteiger partial charge in [0.15, 0.2) is 5.82 Å². The van der Waals surface area contributed by atoms with Crippen LogP contribution >= 0.6 is 11.6 Å². The summed E-state index contributed by atoms with van der Waals surface area (Å²) in [5.41, 5.74) is 4.23. The van der Waals surface area contributed by atoms with Crippen molar-refractivity contribution in [2.75, 3.05) is 31.1 Å². The SMILES string of the molecule is Clc1cccc2[nH]c3c(N4CCN(Cc5ccccc5)CC4)ncnc3c12. The average molecular weight is 378 g/mol. The highest BCUT2D eigenvalue weighted by molar-refractivity contribution is 6.37. The summed E-state index contributed by atoms with van der Waals surface area (Å²) in [5.74, 6) is 0.964. The van der Waals surface area contributed by atoms with E-state index < -0.39 is 0 Å². The molecular weight excluding hydrogens is 358 g/mol. The molecule has 4 aromatic rings. The van der Waals surface area contributed by atoms with Gasteiger partial charge in [0.25, 0.3) is 0 Å². The number of hydrogen-bond donors (Lipinski definition) is 1. The molecule has 2 aromatic carbocycles. The van der Waals surface area contributed by atoms with Gasteiger partial charge in [0.1, 0.15) is 17.4 Å². The van der Waals surface area contributed by atoms with Gasteiger partial charge < -0.3 is 9.88 Å². The van der Waals surface area contributed by atoms with Crippen LogP contribution in [0.15, 0.2) is 54.9 Å². The van der Waals surface area contributed by atoms with Crippen molar-refractivity contribution in [1.29, 1.82) is 0 Å². The Morgan fingerprint density at radius 3 is 2.56 bits per heavy atom. The second-order valence-electron chi connectivity index (χ2n) is 6.96. The van der Waals surface area contributed by atoms with E-state index in [4.69, 9.17) is 11.6 Å². The second-order valence-corrected chi connectivity index (χ2v) is 7.36. The van der Waals surface area contributed by atoms with Crippen molar-refractivity contribution < 1.29 is 0 Å². The van der Waals surface area contributed by atoms with E-state index in [1.165, 1.54) is 5.56 Å². The zero-order valence-corrected chi connectivity index (χ0v) is 15.7. The predicted molar refractivity (Wildman–Crippen MR) is 110 cm³/mol. The van der Waals surface area contributed by atoms with Crippen LogP contribution < -0.4 is 4.90 Å². The van der Waals surface area contributed by atoms with Crippen molar-refractivity contribution >= 4 is 39.4 Å². The Balaban J connectivity index is 1.40. The monoisotopic (exact) mass is 377 g/mol. The van der Waals surface area contributed by atoms with E-state index in [0.717, 1.165) is 65.5 Å². The highest BCUT2D eigenvalue weighted by atomic mass is 35.5. The highest BCUT2D eigenvalue weighted by Gasteiger charge is 2.22. The van der Waals surface area contributed by atoms with Crippen LogP contribution in [-0.2, 0) is 6.54 Å². The largest absolute Gasteiger partial charge is 0.352 e. The number of aromatic nitrogens is 3. The van der Waals surface area contributed by atoms with Gasteiger partial charge in [0.2, 0.25) is 0 Å². The number of hydrogen-bond acceptors (Lipinski definition) is 4. The van der Waals surface area contributed by atoms with Gasteiger partial charge in [0, 0.05) is 43.6 Å². The number of nitrogens with zero attached hydrogens (tertiary/aromatic N) is 4. The smallest absolute Gasteiger partial charge is 0.156 e. The molecule has 1 aliphatic rings. The summed E-state index contributed by atoms with van der Waals surface area (Å²) in [6.45, 7) is 4.92. The first-order valence-electron chi connectivity index (χ1n) is 9.22. The third-order valence-corrected chi connectivity index (χ3v) is 5.57. The molecule has 0 atom stereocenters. The number of fused-ring (bicyclic) bond motifs is 3.